The SMILES string of the molecule is O=C(OCCN1CCCCC1)c1cc(OCc2ccccc2)c2c(c1)C(=O)c1cccc(OCc3ccccc3)c1C2=O. The summed E-state index contributed by atoms with van der Waals surface area (Å²) in [5, 5.41) is 0. The first-order valence-corrected chi connectivity index (χ1v) is 14.7. The van der Waals surface area contributed by atoms with Crippen molar-refractivity contribution in [1.29, 1.82) is 0 Å². The molecule has 1 aliphatic carbocycles. The molecule has 0 N–H and O–H groups in total. The van der Waals surface area contributed by atoms with Crippen molar-refractivity contribution in [3.63, 3.8) is 0 Å². The quantitative estimate of drug-likeness (QED) is 0.182. The van der Waals surface area contributed by atoms with Crippen LogP contribution in [0.25, 0.3) is 0 Å². The molecule has 6 rings (SSSR count). The van der Waals surface area contributed by atoms with Gasteiger partial charge >= 0.3 is 5.97 Å². The maximum Gasteiger partial charge on any atom is 0.338 e. The van der Waals surface area contributed by atoms with Gasteiger partial charge in [0.1, 0.15) is 31.3 Å². The molecule has 1 saturated heterocycles. The van der Waals surface area contributed by atoms with Crippen LogP contribution in [0.3, 0.4) is 0 Å². The smallest absolute Gasteiger partial charge is 0.338 e. The van der Waals surface area contributed by atoms with Gasteiger partial charge in [-0.1, -0.05) is 79.2 Å². The van der Waals surface area contributed by atoms with Crippen molar-refractivity contribution in [2.24, 2.45) is 0 Å². The third kappa shape index (κ3) is 6.37. The number of carbonyl (C=O) groups is 3. The minimum Gasteiger partial charge on any atom is -0.488 e. The summed E-state index contributed by atoms with van der Waals surface area (Å²) < 4.78 is 17.8. The fourth-order valence-electron chi connectivity index (χ4n) is 5.61. The molecule has 43 heavy (non-hydrogen) atoms. The lowest BCUT2D eigenvalue weighted by atomic mass is 9.82. The highest BCUT2D eigenvalue weighted by molar-refractivity contribution is 6.30. The Hall–Kier alpha value is -4.75. The second kappa shape index (κ2) is 13.0. The molecular weight excluding hydrogens is 542 g/mol. The zero-order chi connectivity index (χ0) is 29.6. The molecule has 0 bridgehead atoms. The van der Waals surface area contributed by atoms with Crippen molar-refractivity contribution < 1.29 is 28.6 Å². The van der Waals surface area contributed by atoms with Crippen LogP contribution in [0, 0.1) is 0 Å². The van der Waals surface area contributed by atoms with E-state index in [1.54, 1.807) is 18.2 Å². The van der Waals surface area contributed by atoms with E-state index in [-0.39, 0.29) is 65.0 Å². The normalized spacial score (nSPS) is 14.5. The third-order valence-corrected chi connectivity index (χ3v) is 7.87. The summed E-state index contributed by atoms with van der Waals surface area (Å²) in [6.07, 6.45) is 3.53. The van der Waals surface area contributed by atoms with Crippen molar-refractivity contribution in [3.05, 3.63) is 130 Å². The number of hydrogen-bond acceptors (Lipinski definition) is 7. The van der Waals surface area contributed by atoms with E-state index in [2.05, 4.69) is 4.90 Å². The first-order valence-electron chi connectivity index (χ1n) is 14.7. The van der Waals surface area contributed by atoms with E-state index in [1.165, 1.54) is 18.6 Å². The van der Waals surface area contributed by atoms with Gasteiger partial charge in [-0.05, 0) is 55.3 Å². The largest absolute Gasteiger partial charge is 0.488 e. The van der Waals surface area contributed by atoms with E-state index in [0.29, 0.717) is 12.3 Å². The van der Waals surface area contributed by atoms with Gasteiger partial charge in [-0.15, -0.1) is 0 Å². The van der Waals surface area contributed by atoms with Crippen molar-refractivity contribution in [2.45, 2.75) is 32.5 Å². The van der Waals surface area contributed by atoms with E-state index < -0.39 is 5.97 Å². The van der Waals surface area contributed by atoms with Gasteiger partial charge in [0.25, 0.3) is 0 Å². The van der Waals surface area contributed by atoms with Gasteiger partial charge in [0.2, 0.25) is 5.78 Å². The Morgan fingerprint density at radius 3 is 1.95 bits per heavy atom. The van der Waals surface area contributed by atoms with Crippen LogP contribution in [0.2, 0.25) is 0 Å². The molecule has 7 nitrogen and oxygen atoms in total. The van der Waals surface area contributed by atoms with Crippen LogP contribution in [0.1, 0.15) is 72.6 Å². The van der Waals surface area contributed by atoms with Crippen molar-refractivity contribution in [3.8, 4) is 11.5 Å². The van der Waals surface area contributed by atoms with E-state index >= 15 is 0 Å². The standard InChI is InChI=1S/C36H33NO6/c38-34-28-15-10-16-30(42-23-25-11-4-1-5-12-25)32(28)35(39)33-29(34)21-27(22-31(33)43-24-26-13-6-2-7-14-26)36(40)41-20-19-37-17-8-3-9-18-37/h1-2,4-7,10-16,21-22H,3,8-9,17-20,23-24H2. The van der Waals surface area contributed by atoms with Crippen LogP contribution < -0.4 is 9.47 Å². The Morgan fingerprint density at radius 1 is 0.651 bits per heavy atom. The summed E-state index contributed by atoms with van der Waals surface area (Å²) >= 11 is 0. The Kier molecular flexibility index (Phi) is 8.61. The zero-order valence-corrected chi connectivity index (χ0v) is 23.9. The Bertz CT molecular complexity index is 1630. The minimum absolute atomic E-state index is 0.117. The molecule has 0 amide bonds. The number of benzene rings is 4. The highest BCUT2D eigenvalue weighted by atomic mass is 16.5. The molecule has 0 aromatic heterocycles. The Labute approximate surface area is 251 Å². The first-order chi connectivity index (χ1) is 21.1. The van der Waals surface area contributed by atoms with Gasteiger partial charge in [0, 0.05) is 17.7 Å². The summed E-state index contributed by atoms with van der Waals surface area (Å²) in [5.41, 5.74) is 2.64. The van der Waals surface area contributed by atoms with Gasteiger partial charge in [0.15, 0.2) is 5.78 Å². The number of rotatable bonds is 10. The van der Waals surface area contributed by atoms with Gasteiger partial charge in [0.05, 0.1) is 16.7 Å². The first kappa shape index (κ1) is 28.4. The maximum atomic E-state index is 14.1. The fourth-order valence-corrected chi connectivity index (χ4v) is 5.61. The Balaban J connectivity index is 1.31. The second-order valence-electron chi connectivity index (χ2n) is 10.8. The lowest BCUT2D eigenvalue weighted by Gasteiger charge is -2.26. The van der Waals surface area contributed by atoms with Crippen molar-refractivity contribution in [1.82, 2.24) is 4.90 Å². The van der Waals surface area contributed by atoms with Crippen LogP contribution in [0.15, 0.2) is 91.0 Å². The van der Waals surface area contributed by atoms with E-state index in [9.17, 15) is 14.4 Å². The summed E-state index contributed by atoms with van der Waals surface area (Å²) in [4.78, 5) is 43.5. The summed E-state index contributed by atoms with van der Waals surface area (Å²) in [7, 11) is 0. The molecule has 4 aromatic rings. The molecule has 1 fully saturated rings. The Morgan fingerprint density at radius 2 is 1.28 bits per heavy atom. The van der Waals surface area contributed by atoms with Crippen LogP contribution in [0.5, 0.6) is 11.5 Å². The molecule has 218 valence electrons. The zero-order valence-electron chi connectivity index (χ0n) is 23.9. The fraction of sp³-hybridized carbons (Fsp3) is 0.250. The molecule has 2 aliphatic rings. The summed E-state index contributed by atoms with van der Waals surface area (Å²) in [6, 6.07) is 27.1. The molecule has 0 atom stereocenters. The van der Waals surface area contributed by atoms with Crippen molar-refractivity contribution >= 4 is 17.5 Å². The van der Waals surface area contributed by atoms with Gasteiger partial charge in [-0.2, -0.15) is 0 Å². The van der Waals surface area contributed by atoms with E-state index in [4.69, 9.17) is 14.2 Å². The molecule has 0 unspecified atom stereocenters. The average Bonchev–Trinajstić information content (AvgIpc) is 3.06. The van der Waals surface area contributed by atoms with E-state index in [1.807, 2.05) is 60.7 Å². The molecule has 7 heteroatoms. The maximum absolute atomic E-state index is 14.1. The number of ether oxygens (including phenoxy) is 3. The van der Waals surface area contributed by atoms with Crippen LogP contribution in [-0.2, 0) is 18.0 Å². The van der Waals surface area contributed by atoms with Crippen molar-refractivity contribution in [2.75, 3.05) is 26.2 Å². The number of likely N-dealkylation sites (tertiary alicyclic amines) is 1. The lowest BCUT2D eigenvalue weighted by molar-refractivity contribution is 0.0451. The summed E-state index contributed by atoms with van der Waals surface area (Å²) in [6.45, 7) is 3.30. The molecular formula is C36H33NO6. The van der Waals surface area contributed by atoms with Crippen LogP contribution in [-0.4, -0.2) is 48.7 Å². The monoisotopic (exact) mass is 575 g/mol. The minimum atomic E-state index is -0.560. The highest BCUT2D eigenvalue weighted by Gasteiger charge is 2.36. The summed E-state index contributed by atoms with van der Waals surface area (Å²) in [5.74, 6) is -0.842. The predicted molar refractivity (Wildman–Crippen MR) is 162 cm³/mol. The number of carbonyl (C=O) groups excluding carboxylic acids is 3. The van der Waals surface area contributed by atoms with Crippen LogP contribution in [0.4, 0.5) is 0 Å². The average molecular weight is 576 g/mol. The number of fused-ring (bicyclic) bond motifs is 2. The van der Waals surface area contributed by atoms with E-state index in [0.717, 1.165) is 37.1 Å². The molecule has 0 saturated carbocycles. The number of piperidine rings is 1. The lowest BCUT2D eigenvalue weighted by Crippen LogP contribution is -2.33. The van der Waals surface area contributed by atoms with Crippen LogP contribution >= 0.6 is 0 Å². The van der Waals surface area contributed by atoms with Gasteiger partial charge < -0.3 is 14.2 Å². The number of hydrogen-bond donors (Lipinski definition) is 0. The number of esters is 1. The molecule has 1 aliphatic heterocycles. The second-order valence-corrected chi connectivity index (χ2v) is 10.8. The van der Waals surface area contributed by atoms with Gasteiger partial charge in [-0.3, -0.25) is 14.5 Å². The number of ketones is 2. The topological polar surface area (TPSA) is 82.1 Å². The molecule has 0 radical (unpaired) electrons. The predicted octanol–water partition coefficient (Wildman–Crippen LogP) is 6.26. The molecule has 0 spiro atoms. The molecule has 1 heterocycles. The van der Waals surface area contributed by atoms with Gasteiger partial charge in [-0.25, -0.2) is 4.79 Å². The third-order valence-electron chi connectivity index (χ3n) is 7.87. The number of nitrogens with zero attached hydrogens (tertiary/aromatic N) is 1. The highest BCUT2D eigenvalue weighted by Crippen LogP contribution is 2.39. The molecule has 4 aromatic carbocycles.